The minimum Gasteiger partial charge on any atom is -0.393 e. The van der Waals surface area contributed by atoms with Crippen LogP contribution in [0.4, 0.5) is 0 Å². The zero-order chi connectivity index (χ0) is 22.1. The summed E-state index contributed by atoms with van der Waals surface area (Å²) in [5.41, 5.74) is 10.3. The summed E-state index contributed by atoms with van der Waals surface area (Å²) in [6, 6.07) is 0. The molecule has 2 fully saturated rings. The molecular formula is C27H46N2O. The van der Waals surface area contributed by atoms with Gasteiger partial charge in [0.1, 0.15) is 0 Å². The molecule has 0 aromatic rings. The fourth-order valence-corrected chi connectivity index (χ4v) is 9.21. The third-order valence-electron chi connectivity index (χ3n) is 11.4. The molecule has 0 aromatic heterocycles. The van der Waals surface area contributed by atoms with Crippen molar-refractivity contribution in [3.8, 4) is 0 Å². The number of aliphatic hydroxyl groups excluding tert-OH is 1. The summed E-state index contributed by atoms with van der Waals surface area (Å²) in [6.07, 6.45) is 11.5. The van der Waals surface area contributed by atoms with Crippen LogP contribution in [0.2, 0.25) is 0 Å². The van der Waals surface area contributed by atoms with E-state index in [1.807, 2.05) is 5.57 Å². The Kier molecular flexibility index (Phi) is 5.28. The van der Waals surface area contributed by atoms with Crippen molar-refractivity contribution in [1.29, 1.82) is 5.41 Å². The molecule has 4 N–H and O–H groups in total. The van der Waals surface area contributed by atoms with Crippen LogP contribution in [0.25, 0.3) is 0 Å². The number of hydrogen-bond acceptors (Lipinski definition) is 2. The van der Waals surface area contributed by atoms with E-state index >= 15 is 0 Å². The van der Waals surface area contributed by atoms with Gasteiger partial charge in [-0.1, -0.05) is 52.7 Å². The molecule has 0 radical (unpaired) electrons. The zero-order valence-corrected chi connectivity index (χ0v) is 20.4. The van der Waals surface area contributed by atoms with Gasteiger partial charge in [-0.2, -0.15) is 0 Å². The van der Waals surface area contributed by atoms with Crippen molar-refractivity contribution in [3.05, 3.63) is 11.1 Å². The molecule has 0 spiro atoms. The van der Waals surface area contributed by atoms with Crippen LogP contribution in [0, 0.1) is 44.8 Å². The SMILES string of the molecule is C[C@H](CCC(=N)N)[C@H]1CC[C@@]2(C)C3=C(CC[C@]12C)[C@@]1(C)CC[C@H](O)C(C)(C)[C@@H]1CC3. The molecule has 4 rings (SSSR count). The number of fused-ring (bicyclic) bond motifs is 4. The minimum absolute atomic E-state index is 0.0204. The Morgan fingerprint density at radius 1 is 1.03 bits per heavy atom. The molecule has 0 unspecified atom stereocenters. The van der Waals surface area contributed by atoms with Crippen LogP contribution >= 0.6 is 0 Å². The topological polar surface area (TPSA) is 70.1 Å². The maximum absolute atomic E-state index is 10.8. The van der Waals surface area contributed by atoms with E-state index in [9.17, 15) is 5.11 Å². The molecule has 7 atom stereocenters. The third kappa shape index (κ3) is 2.90. The molecule has 0 saturated heterocycles. The van der Waals surface area contributed by atoms with E-state index in [1.54, 1.807) is 5.57 Å². The third-order valence-corrected chi connectivity index (χ3v) is 11.4. The standard InChI is InChI=1S/C27H46N2O/c1-17(7-10-23(28)29)18-11-15-27(6)20-8-9-21-24(2,3)22(30)13-14-25(21,4)19(20)12-16-26(18,27)5/h17-18,21-22,30H,7-16H2,1-6H3,(H3,28,29)/t17-,18-,21+,22+,25-,26-,27+/m1/s1. The van der Waals surface area contributed by atoms with Gasteiger partial charge >= 0.3 is 0 Å². The summed E-state index contributed by atoms with van der Waals surface area (Å²) in [6.45, 7) is 14.8. The van der Waals surface area contributed by atoms with Crippen molar-refractivity contribution in [2.75, 3.05) is 0 Å². The molecule has 0 aromatic carbocycles. The molecule has 3 nitrogen and oxygen atoms in total. The normalized spacial score (nSPS) is 46.0. The molecule has 0 aliphatic heterocycles. The maximum atomic E-state index is 10.8. The Morgan fingerprint density at radius 3 is 2.40 bits per heavy atom. The summed E-state index contributed by atoms with van der Waals surface area (Å²) in [5, 5.41) is 18.4. The van der Waals surface area contributed by atoms with E-state index in [1.165, 1.54) is 38.5 Å². The molecule has 3 heteroatoms. The highest BCUT2D eigenvalue weighted by Gasteiger charge is 2.63. The highest BCUT2D eigenvalue weighted by atomic mass is 16.3. The van der Waals surface area contributed by atoms with Crippen molar-refractivity contribution in [2.24, 2.45) is 45.1 Å². The lowest BCUT2D eigenvalue weighted by Gasteiger charge is -2.62. The minimum atomic E-state index is -0.153. The van der Waals surface area contributed by atoms with Crippen LogP contribution in [0.3, 0.4) is 0 Å². The average Bonchev–Trinajstić information content (AvgIpc) is 2.95. The average molecular weight is 415 g/mol. The molecule has 170 valence electrons. The van der Waals surface area contributed by atoms with Gasteiger partial charge in [0.15, 0.2) is 0 Å². The van der Waals surface area contributed by atoms with Gasteiger partial charge in [-0.05, 0) is 97.2 Å². The van der Waals surface area contributed by atoms with E-state index in [2.05, 4.69) is 41.5 Å². The Bertz CT molecular complexity index is 754. The number of allylic oxidation sites excluding steroid dienone is 2. The second-order valence-corrected chi connectivity index (χ2v) is 12.8. The smallest absolute Gasteiger partial charge is 0.0905 e. The molecule has 2 saturated carbocycles. The van der Waals surface area contributed by atoms with Crippen LogP contribution in [0.1, 0.15) is 106 Å². The Labute approximate surface area is 184 Å². The summed E-state index contributed by atoms with van der Waals surface area (Å²) < 4.78 is 0. The molecule has 0 amide bonds. The monoisotopic (exact) mass is 414 g/mol. The summed E-state index contributed by atoms with van der Waals surface area (Å²) in [4.78, 5) is 0. The first kappa shape index (κ1) is 22.4. The quantitative estimate of drug-likeness (QED) is 0.281. The summed E-state index contributed by atoms with van der Waals surface area (Å²) >= 11 is 0. The predicted molar refractivity (Wildman–Crippen MR) is 125 cm³/mol. The first-order valence-corrected chi connectivity index (χ1v) is 12.6. The number of nitrogens with two attached hydrogens (primary N) is 1. The van der Waals surface area contributed by atoms with Gasteiger partial charge < -0.3 is 10.8 Å². The molecule has 30 heavy (non-hydrogen) atoms. The molecule has 4 aliphatic carbocycles. The Morgan fingerprint density at radius 2 is 1.73 bits per heavy atom. The number of amidine groups is 1. The lowest BCUT2D eigenvalue weighted by molar-refractivity contribution is -0.0962. The summed E-state index contributed by atoms with van der Waals surface area (Å²) in [5.74, 6) is 2.33. The maximum Gasteiger partial charge on any atom is 0.0905 e. The van der Waals surface area contributed by atoms with Crippen molar-refractivity contribution in [2.45, 2.75) is 112 Å². The second-order valence-electron chi connectivity index (χ2n) is 12.8. The highest BCUT2D eigenvalue weighted by molar-refractivity contribution is 5.76. The highest BCUT2D eigenvalue weighted by Crippen LogP contribution is 2.72. The van der Waals surface area contributed by atoms with Crippen LogP contribution in [0.15, 0.2) is 11.1 Å². The van der Waals surface area contributed by atoms with E-state index in [4.69, 9.17) is 11.1 Å². The zero-order valence-electron chi connectivity index (χ0n) is 20.4. The lowest BCUT2D eigenvalue weighted by atomic mass is 9.43. The van der Waals surface area contributed by atoms with Crippen LogP contribution < -0.4 is 5.73 Å². The van der Waals surface area contributed by atoms with Gasteiger partial charge in [-0.15, -0.1) is 0 Å². The van der Waals surface area contributed by atoms with Gasteiger partial charge in [0.2, 0.25) is 0 Å². The van der Waals surface area contributed by atoms with E-state index in [-0.39, 0.29) is 16.9 Å². The van der Waals surface area contributed by atoms with Crippen LogP contribution in [-0.2, 0) is 0 Å². The van der Waals surface area contributed by atoms with Crippen molar-refractivity contribution in [3.63, 3.8) is 0 Å². The van der Waals surface area contributed by atoms with Gasteiger partial charge in [-0.25, -0.2) is 0 Å². The fraction of sp³-hybridized carbons (Fsp3) is 0.889. The molecule has 4 aliphatic rings. The van der Waals surface area contributed by atoms with Gasteiger partial charge in [0, 0.05) is 6.42 Å². The summed E-state index contributed by atoms with van der Waals surface area (Å²) in [7, 11) is 0. The first-order chi connectivity index (χ1) is 13.9. The number of rotatable bonds is 4. The van der Waals surface area contributed by atoms with Crippen LogP contribution in [0.5, 0.6) is 0 Å². The fourth-order valence-electron chi connectivity index (χ4n) is 9.21. The van der Waals surface area contributed by atoms with E-state index in [0.717, 1.165) is 31.6 Å². The van der Waals surface area contributed by atoms with Gasteiger partial charge in [0.25, 0.3) is 0 Å². The second kappa shape index (κ2) is 7.09. The van der Waals surface area contributed by atoms with Crippen molar-refractivity contribution >= 4 is 5.84 Å². The molecular weight excluding hydrogens is 368 g/mol. The Hall–Kier alpha value is -0.830. The number of aliphatic hydroxyl groups is 1. The number of nitrogens with one attached hydrogen (secondary N) is 1. The molecule has 0 bridgehead atoms. The van der Waals surface area contributed by atoms with E-state index in [0.29, 0.717) is 28.5 Å². The van der Waals surface area contributed by atoms with E-state index < -0.39 is 0 Å². The van der Waals surface area contributed by atoms with Gasteiger partial charge in [0.05, 0.1) is 11.9 Å². The van der Waals surface area contributed by atoms with Crippen molar-refractivity contribution in [1.82, 2.24) is 0 Å². The Balaban J connectivity index is 1.68. The molecule has 0 heterocycles. The first-order valence-electron chi connectivity index (χ1n) is 12.6. The largest absolute Gasteiger partial charge is 0.393 e. The van der Waals surface area contributed by atoms with Gasteiger partial charge in [-0.3, -0.25) is 5.41 Å². The predicted octanol–water partition coefficient (Wildman–Crippen LogP) is 6.45. The van der Waals surface area contributed by atoms with Crippen LogP contribution in [-0.4, -0.2) is 17.0 Å². The van der Waals surface area contributed by atoms with Crippen molar-refractivity contribution < 1.29 is 5.11 Å². The number of hydrogen-bond donors (Lipinski definition) is 3. The lowest BCUT2D eigenvalue weighted by Crippen LogP contribution is -2.55.